The van der Waals surface area contributed by atoms with Crippen LogP contribution in [0, 0.1) is 18.3 Å². The van der Waals surface area contributed by atoms with Gasteiger partial charge < -0.3 is 23.3 Å². The highest BCUT2D eigenvalue weighted by molar-refractivity contribution is 7.44. The van der Waals surface area contributed by atoms with Gasteiger partial charge >= 0.3 is 5.69 Å². The van der Waals surface area contributed by atoms with E-state index in [0.29, 0.717) is 25.2 Å². The van der Waals surface area contributed by atoms with Gasteiger partial charge in [0.15, 0.2) is 6.23 Å². The van der Waals surface area contributed by atoms with Crippen molar-refractivity contribution in [2.75, 3.05) is 33.5 Å². The average molecular weight is 501 g/mol. The number of rotatable bonds is 14. The molecule has 1 aromatic rings. The van der Waals surface area contributed by atoms with Crippen LogP contribution in [0.1, 0.15) is 52.3 Å². The zero-order valence-electron chi connectivity index (χ0n) is 20.9. The number of aryl methyl sites for hydroxylation is 1. The molecule has 34 heavy (non-hydrogen) atoms. The lowest BCUT2D eigenvalue weighted by atomic mass is 10.2. The van der Waals surface area contributed by atoms with Gasteiger partial charge in [0.2, 0.25) is 0 Å². The molecule has 2 rings (SSSR count). The van der Waals surface area contributed by atoms with E-state index >= 15 is 0 Å². The molecule has 0 radical (unpaired) electrons. The van der Waals surface area contributed by atoms with E-state index in [-0.39, 0.29) is 37.8 Å². The summed E-state index contributed by atoms with van der Waals surface area (Å²) in [6.45, 7) is 11.1. The van der Waals surface area contributed by atoms with Crippen molar-refractivity contribution in [3.63, 3.8) is 0 Å². The highest BCUT2D eigenvalue weighted by Crippen LogP contribution is 2.46. The summed E-state index contributed by atoms with van der Waals surface area (Å²) >= 11 is 0. The third kappa shape index (κ3) is 7.95. The van der Waals surface area contributed by atoms with E-state index in [1.54, 1.807) is 14.0 Å². The Morgan fingerprint density at radius 1 is 1.24 bits per heavy atom. The minimum Gasteiger partial charge on any atom is -0.382 e. The van der Waals surface area contributed by atoms with Crippen molar-refractivity contribution in [3.8, 4) is 6.07 Å². The van der Waals surface area contributed by atoms with Crippen LogP contribution < -0.4 is 11.2 Å². The van der Waals surface area contributed by atoms with Crippen LogP contribution in [0.4, 0.5) is 0 Å². The van der Waals surface area contributed by atoms with Crippen LogP contribution in [0.15, 0.2) is 15.8 Å². The monoisotopic (exact) mass is 500 g/mol. The number of hydrogen-bond donors (Lipinski definition) is 1. The average Bonchev–Trinajstić information content (AvgIpc) is 3.17. The van der Waals surface area contributed by atoms with Gasteiger partial charge in [-0.25, -0.2) is 9.46 Å². The Hall–Kier alpha value is -1.64. The van der Waals surface area contributed by atoms with Crippen LogP contribution in [0.2, 0.25) is 0 Å². The molecule has 0 spiro atoms. The molecule has 11 nitrogen and oxygen atoms in total. The quantitative estimate of drug-likeness (QED) is 0.303. The van der Waals surface area contributed by atoms with Crippen LogP contribution in [-0.4, -0.2) is 72.1 Å². The SMILES string of the molecule is COCCO[C@@H]1C[C@@H](COP(OCCC#N)N(C(C)C)C(C)C)O[C@H]1n1cc(C)c(=O)[nH]c1=O. The Labute approximate surface area is 201 Å². The van der Waals surface area contributed by atoms with Gasteiger partial charge in [0.25, 0.3) is 14.1 Å². The van der Waals surface area contributed by atoms with E-state index in [1.165, 1.54) is 10.8 Å². The fraction of sp³-hybridized carbons (Fsp3) is 0.773. The van der Waals surface area contributed by atoms with Crippen molar-refractivity contribution in [1.29, 1.82) is 5.26 Å². The lowest BCUT2D eigenvalue weighted by molar-refractivity contribution is -0.0778. The topological polar surface area (TPSA) is 128 Å². The summed E-state index contributed by atoms with van der Waals surface area (Å²) in [6, 6.07) is 2.45. The highest BCUT2D eigenvalue weighted by Gasteiger charge is 2.39. The van der Waals surface area contributed by atoms with E-state index in [2.05, 4.69) is 43.4 Å². The smallest absolute Gasteiger partial charge is 0.330 e. The Morgan fingerprint density at radius 2 is 1.94 bits per heavy atom. The Balaban J connectivity index is 2.17. The maximum Gasteiger partial charge on any atom is 0.330 e. The van der Waals surface area contributed by atoms with Crippen molar-refractivity contribution in [1.82, 2.24) is 14.2 Å². The molecule has 0 saturated carbocycles. The van der Waals surface area contributed by atoms with Crippen LogP contribution in [0.5, 0.6) is 0 Å². The van der Waals surface area contributed by atoms with Crippen LogP contribution in [-0.2, 0) is 23.3 Å². The van der Waals surface area contributed by atoms with Gasteiger partial charge in [-0.15, -0.1) is 0 Å². The van der Waals surface area contributed by atoms with Crippen molar-refractivity contribution < 1.29 is 23.3 Å². The maximum atomic E-state index is 12.5. The highest BCUT2D eigenvalue weighted by atomic mass is 31.2. The van der Waals surface area contributed by atoms with Gasteiger partial charge in [0.1, 0.15) is 6.10 Å². The molecule has 1 unspecified atom stereocenters. The maximum absolute atomic E-state index is 12.5. The van der Waals surface area contributed by atoms with Crippen LogP contribution in [0.3, 0.4) is 0 Å². The largest absolute Gasteiger partial charge is 0.382 e. The molecule has 0 amide bonds. The molecule has 1 aliphatic heterocycles. The lowest BCUT2D eigenvalue weighted by Crippen LogP contribution is -2.37. The first kappa shape index (κ1) is 28.6. The molecule has 2 heterocycles. The second-order valence-electron chi connectivity index (χ2n) is 8.61. The van der Waals surface area contributed by atoms with E-state index in [4.69, 9.17) is 28.5 Å². The summed E-state index contributed by atoms with van der Waals surface area (Å²) in [7, 11) is 0.168. The van der Waals surface area contributed by atoms with Crippen molar-refractivity contribution in [2.45, 2.75) is 78.0 Å². The van der Waals surface area contributed by atoms with Gasteiger partial charge in [0, 0.05) is 37.4 Å². The molecule has 0 aromatic carbocycles. The predicted octanol–water partition coefficient (Wildman–Crippen LogP) is 2.46. The standard InChI is InChI=1S/C22H37N4O7P/c1-15(2)26(16(3)4)34(31-9-7-8-23)32-14-18-12-19(30-11-10-29-6)21(33-18)25-13-17(5)20(27)24-22(25)28/h13,15-16,18-19,21H,7,9-12,14H2,1-6H3,(H,24,27,28)/t18-,19+,21+,34?/m0/s1. The normalized spacial score (nSPS) is 21.5. The van der Waals surface area contributed by atoms with Crippen molar-refractivity contribution in [3.05, 3.63) is 32.6 Å². The fourth-order valence-corrected chi connectivity index (χ4v) is 5.37. The first-order valence-corrected chi connectivity index (χ1v) is 12.6. The molecule has 4 atom stereocenters. The molecule has 1 N–H and O–H groups in total. The molecule has 0 aliphatic carbocycles. The molecule has 1 saturated heterocycles. The van der Waals surface area contributed by atoms with E-state index in [0.717, 1.165) is 0 Å². The Kier molecular flexibility index (Phi) is 11.8. The van der Waals surface area contributed by atoms with Gasteiger partial charge in [-0.05, 0) is 34.6 Å². The van der Waals surface area contributed by atoms with Crippen LogP contribution >= 0.6 is 8.53 Å². The second kappa shape index (κ2) is 14.0. The summed E-state index contributed by atoms with van der Waals surface area (Å²) in [5.74, 6) is 0. The molecule has 1 aromatic heterocycles. The first-order valence-electron chi connectivity index (χ1n) is 11.5. The Morgan fingerprint density at radius 3 is 2.56 bits per heavy atom. The summed E-state index contributed by atoms with van der Waals surface area (Å²) in [6.07, 6.45) is 0.748. The number of H-pyrrole nitrogens is 1. The number of nitriles is 1. The summed E-state index contributed by atoms with van der Waals surface area (Å²) in [4.78, 5) is 26.6. The third-order valence-electron chi connectivity index (χ3n) is 5.22. The van der Waals surface area contributed by atoms with E-state index in [1.807, 2.05) is 0 Å². The minimum atomic E-state index is -1.42. The number of methoxy groups -OCH3 is 1. The lowest BCUT2D eigenvalue weighted by Gasteiger charge is -2.35. The number of ether oxygens (including phenoxy) is 3. The zero-order valence-corrected chi connectivity index (χ0v) is 21.7. The van der Waals surface area contributed by atoms with Crippen LogP contribution in [0.25, 0.3) is 0 Å². The van der Waals surface area contributed by atoms with Crippen molar-refractivity contribution in [2.24, 2.45) is 0 Å². The minimum absolute atomic E-state index is 0.179. The summed E-state index contributed by atoms with van der Waals surface area (Å²) in [5, 5.41) is 8.88. The Bertz CT molecular complexity index is 906. The number of aromatic amines is 1. The third-order valence-corrected chi connectivity index (χ3v) is 7.29. The first-order chi connectivity index (χ1) is 16.2. The number of nitrogens with one attached hydrogen (secondary N) is 1. The second-order valence-corrected chi connectivity index (χ2v) is 10.1. The van der Waals surface area contributed by atoms with Gasteiger partial charge in [-0.1, -0.05) is 0 Å². The molecule has 192 valence electrons. The van der Waals surface area contributed by atoms with Gasteiger partial charge in [0.05, 0.1) is 45.0 Å². The molecule has 1 fully saturated rings. The number of aromatic nitrogens is 2. The number of hydrogen-bond acceptors (Lipinski definition) is 9. The molecular formula is C22H37N4O7P. The predicted molar refractivity (Wildman–Crippen MR) is 127 cm³/mol. The van der Waals surface area contributed by atoms with E-state index in [9.17, 15) is 9.59 Å². The van der Waals surface area contributed by atoms with E-state index < -0.39 is 32.1 Å². The molecule has 0 bridgehead atoms. The van der Waals surface area contributed by atoms with Gasteiger partial charge in [-0.2, -0.15) is 5.26 Å². The van der Waals surface area contributed by atoms with Gasteiger partial charge in [-0.3, -0.25) is 14.3 Å². The number of nitrogens with zero attached hydrogens (tertiary/aromatic N) is 3. The zero-order chi connectivity index (χ0) is 25.3. The van der Waals surface area contributed by atoms with Crippen molar-refractivity contribution >= 4 is 8.53 Å². The molecular weight excluding hydrogens is 463 g/mol. The molecule has 12 heteroatoms. The summed E-state index contributed by atoms with van der Waals surface area (Å²) in [5.41, 5.74) is -0.591. The molecule has 1 aliphatic rings. The fourth-order valence-electron chi connectivity index (χ4n) is 3.74. The summed E-state index contributed by atoms with van der Waals surface area (Å²) < 4.78 is 32.8.